The molecule has 20 heavy (non-hydrogen) atoms. The highest BCUT2D eigenvalue weighted by Crippen LogP contribution is 2.65. The van der Waals surface area contributed by atoms with Gasteiger partial charge in [0.2, 0.25) is 5.91 Å². The zero-order chi connectivity index (χ0) is 14.8. The highest BCUT2D eigenvalue weighted by Gasteiger charge is 2.59. The Balaban J connectivity index is 1.83. The van der Waals surface area contributed by atoms with Gasteiger partial charge >= 0.3 is 0 Å². The summed E-state index contributed by atoms with van der Waals surface area (Å²) in [7, 11) is 0. The molecule has 3 N–H and O–H groups in total. The Morgan fingerprint density at radius 2 is 1.80 bits per heavy atom. The van der Waals surface area contributed by atoms with E-state index in [0.29, 0.717) is 10.4 Å². The number of hydrogen-bond acceptors (Lipinski definition) is 2. The Labute approximate surface area is 127 Å². The molecule has 4 heteroatoms. The number of amides is 1. The van der Waals surface area contributed by atoms with Crippen molar-refractivity contribution in [3.8, 4) is 0 Å². The zero-order valence-electron chi connectivity index (χ0n) is 12.8. The van der Waals surface area contributed by atoms with E-state index in [9.17, 15) is 4.79 Å². The van der Waals surface area contributed by atoms with E-state index in [1.807, 2.05) is 13.8 Å². The maximum Gasteiger partial charge on any atom is 0.227 e. The van der Waals surface area contributed by atoms with Gasteiger partial charge in [0, 0.05) is 0 Å². The predicted molar refractivity (Wildman–Crippen MR) is 84.2 cm³/mol. The van der Waals surface area contributed by atoms with Crippen molar-refractivity contribution >= 4 is 23.1 Å². The Kier molecular flexibility index (Phi) is 2.99. The molecule has 2 unspecified atom stereocenters. The molecule has 2 atom stereocenters. The summed E-state index contributed by atoms with van der Waals surface area (Å²) >= 11 is 5.08. The van der Waals surface area contributed by atoms with Crippen molar-refractivity contribution in [3.63, 3.8) is 0 Å². The quantitative estimate of drug-likeness (QED) is 0.787. The second kappa shape index (κ2) is 4.19. The Morgan fingerprint density at radius 3 is 2.25 bits per heavy atom. The Bertz CT molecular complexity index is 457. The van der Waals surface area contributed by atoms with E-state index in [1.165, 1.54) is 19.3 Å². The largest absolute Gasteiger partial charge is 0.391 e. The van der Waals surface area contributed by atoms with Crippen LogP contribution in [0.1, 0.15) is 59.3 Å². The zero-order valence-corrected chi connectivity index (χ0v) is 13.6. The van der Waals surface area contributed by atoms with Gasteiger partial charge < -0.3 is 11.1 Å². The van der Waals surface area contributed by atoms with Crippen LogP contribution in [0.5, 0.6) is 0 Å². The van der Waals surface area contributed by atoms with Crippen LogP contribution >= 0.6 is 12.2 Å². The molecule has 112 valence electrons. The summed E-state index contributed by atoms with van der Waals surface area (Å²) in [6, 6.07) is 0. The third-order valence-electron chi connectivity index (χ3n) is 5.88. The Hall–Kier alpha value is -0.640. The highest BCUT2D eigenvalue weighted by molar-refractivity contribution is 7.80. The molecule has 4 aliphatic rings. The highest BCUT2D eigenvalue weighted by atomic mass is 32.1. The summed E-state index contributed by atoms with van der Waals surface area (Å²) in [5.41, 5.74) is 5.40. The van der Waals surface area contributed by atoms with Crippen molar-refractivity contribution in [2.75, 3.05) is 0 Å². The maximum absolute atomic E-state index is 12.9. The molecule has 4 saturated carbocycles. The number of carbonyl (C=O) groups excluding carboxylic acids is 1. The average Bonchev–Trinajstić information content (AvgIpc) is 2.24. The smallest absolute Gasteiger partial charge is 0.227 e. The second-order valence-electron chi connectivity index (χ2n) is 8.50. The second-order valence-corrected chi connectivity index (χ2v) is 8.94. The van der Waals surface area contributed by atoms with Gasteiger partial charge in [-0.15, -0.1) is 0 Å². The number of thiocarbonyl (C=S) groups is 1. The molecule has 0 radical (unpaired) electrons. The number of hydrogen-bond donors (Lipinski definition) is 2. The topological polar surface area (TPSA) is 55.1 Å². The molecule has 4 fully saturated rings. The van der Waals surface area contributed by atoms with E-state index in [0.717, 1.165) is 31.1 Å². The fourth-order valence-electron chi connectivity index (χ4n) is 5.46. The van der Waals surface area contributed by atoms with Gasteiger partial charge in [-0.25, -0.2) is 0 Å². The van der Waals surface area contributed by atoms with Crippen molar-refractivity contribution in [1.29, 1.82) is 0 Å². The molecule has 1 amide bonds. The summed E-state index contributed by atoms with van der Waals surface area (Å²) < 4.78 is 0. The molecule has 3 nitrogen and oxygen atoms in total. The monoisotopic (exact) mass is 294 g/mol. The van der Waals surface area contributed by atoms with Crippen LogP contribution in [-0.4, -0.2) is 16.4 Å². The van der Waals surface area contributed by atoms with Crippen molar-refractivity contribution in [2.45, 2.75) is 64.8 Å². The lowest BCUT2D eigenvalue weighted by Gasteiger charge is -2.60. The molecular weight excluding hydrogens is 268 g/mol. The van der Waals surface area contributed by atoms with Gasteiger partial charge in [-0.3, -0.25) is 4.79 Å². The van der Waals surface area contributed by atoms with Crippen LogP contribution in [0.4, 0.5) is 0 Å². The fourth-order valence-corrected chi connectivity index (χ4v) is 5.52. The first-order valence-corrected chi connectivity index (χ1v) is 8.18. The molecule has 0 spiro atoms. The standard InChI is InChI=1S/C16H26N2OS/c1-14(2,12(17)20)18-13(19)16-7-10-4-11(8-16)6-15(3,5-10)9-16/h10-11H,4-9H2,1-3H3,(H2,17,20)(H,18,19). The lowest BCUT2D eigenvalue weighted by Crippen LogP contribution is -2.61. The molecule has 0 aromatic carbocycles. The van der Waals surface area contributed by atoms with Gasteiger partial charge in [0.1, 0.15) is 0 Å². The van der Waals surface area contributed by atoms with E-state index < -0.39 is 5.54 Å². The van der Waals surface area contributed by atoms with E-state index in [1.54, 1.807) is 0 Å². The molecule has 4 aliphatic carbocycles. The summed E-state index contributed by atoms with van der Waals surface area (Å²) in [5.74, 6) is 1.69. The number of nitrogens with two attached hydrogens (primary N) is 1. The van der Waals surface area contributed by atoms with Gasteiger partial charge in [0.15, 0.2) is 0 Å². The van der Waals surface area contributed by atoms with Crippen molar-refractivity contribution < 1.29 is 4.79 Å². The van der Waals surface area contributed by atoms with Gasteiger partial charge in [-0.05, 0) is 69.6 Å². The van der Waals surface area contributed by atoms with Crippen LogP contribution in [0.25, 0.3) is 0 Å². The molecule has 4 bridgehead atoms. The number of rotatable bonds is 3. The van der Waals surface area contributed by atoms with Crippen LogP contribution in [0.15, 0.2) is 0 Å². The molecule has 0 aromatic heterocycles. The molecule has 0 aromatic rings. The fraction of sp³-hybridized carbons (Fsp3) is 0.875. The molecule has 4 rings (SSSR count). The van der Waals surface area contributed by atoms with Crippen molar-refractivity contribution in [1.82, 2.24) is 5.32 Å². The SMILES string of the molecule is CC12CC3CC(C1)CC(C(=O)NC(C)(C)C(N)=S)(C3)C2. The minimum absolute atomic E-state index is 0.152. The van der Waals surface area contributed by atoms with Crippen LogP contribution in [0.2, 0.25) is 0 Å². The lowest BCUT2D eigenvalue weighted by atomic mass is 9.44. The third-order valence-corrected chi connectivity index (χ3v) is 6.39. The van der Waals surface area contributed by atoms with Crippen LogP contribution in [0, 0.1) is 22.7 Å². The average molecular weight is 294 g/mol. The molecule has 0 heterocycles. The van der Waals surface area contributed by atoms with E-state index in [2.05, 4.69) is 12.2 Å². The first-order chi connectivity index (χ1) is 9.14. The summed E-state index contributed by atoms with van der Waals surface area (Å²) in [4.78, 5) is 13.3. The van der Waals surface area contributed by atoms with Crippen molar-refractivity contribution in [3.05, 3.63) is 0 Å². The van der Waals surface area contributed by atoms with E-state index >= 15 is 0 Å². The van der Waals surface area contributed by atoms with Crippen molar-refractivity contribution in [2.24, 2.45) is 28.4 Å². The van der Waals surface area contributed by atoms with E-state index in [4.69, 9.17) is 18.0 Å². The normalized spacial score (nSPS) is 42.5. The van der Waals surface area contributed by atoms with Gasteiger partial charge in [0.25, 0.3) is 0 Å². The molecule has 0 aliphatic heterocycles. The van der Waals surface area contributed by atoms with E-state index in [-0.39, 0.29) is 11.3 Å². The van der Waals surface area contributed by atoms with Crippen LogP contribution in [-0.2, 0) is 4.79 Å². The first-order valence-electron chi connectivity index (χ1n) is 7.77. The third kappa shape index (κ3) is 2.16. The summed E-state index contributed by atoms with van der Waals surface area (Å²) in [6.07, 6.45) is 7.15. The molecular formula is C16H26N2OS. The first kappa shape index (κ1) is 14.3. The lowest BCUT2D eigenvalue weighted by molar-refractivity contribution is -0.156. The predicted octanol–water partition coefficient (Wildman–Crippen LogP) is 2.77. The van der Waals surface area contributed by atoms with Gasteiger partial charge in [-0.1, -0.05) is 19.1 Å². The van der Waals surface area contributed by atoms with Crippen LogP contribution in [0.3, 0.4) is 0 Å². The summed E-state index contributed by atoms with van der Waals surface area (Å²) in [6.45, 7) is 6.18. The summed E-state index contributed by atoms with van der Waals surface area (Å²) in [5, 5.41) is 3.12. The number of carbonyl (C=O) groups is 1. The number of nitrogens with one attached hydrogen (secondary N) is 1. The Morgan fingerprint density at radius 1 is 1.25 bits per heavy atom. The minimum Gasteiger partial charge on any atom is -0.391 e. The van der Waals surface area contributed by atoms with Gasteiger partial charge in [-0.2, -0.15) is 0 Å². The molecule has 0 saturated heterocycles. The minimum atomic E-state index is -0.587. The van der Waals surface area contributed by atoms with Gasteiger partial charge in [0.05, 0.1) is 15.9 Å². The van der Waals surface area contributed by atoms with Crippen LogP contribution < -0.4 is 11.1 Å². The maximum atomic E-state index is 12.9.